The Morgan fingerprint density at radius 2 is 2.36 bits per heavy atom. The van der Waals surface area contributed by atoms with Gasteiger partial charge in [0.2, 0.25) is 5.91 Å². The summed E-state index contributed by atoms with van der Waals surface area (Å²) in [4.78, 5) is 23.6. The molecule has 0 spiro atoms. The summed E-state index contributed by atoms with van der Waals surface area (Å²) in [7, 11) is 0. The first-order valence-corrected chi connectivity index (χ1v) is 4.64. The molecular weight excluding hydrogens is 186 g/mol. The van der Waals surface area contributed by atoms with Gasteiger partial charge in [0.1, 0.15) is 6.54 Å². The predicted molar refractivity (Wildman–Crippen MR) is 48.4 cm³/mol. The Morgan fingerprint density at radius 1 is 1.71 bits per heavy atom. The van der Waals surface area contributed by atoms with Crippen molar-refractivity contribution in [1.82, 2.24) is 4.90 Å². The zero-order chi connectivity index (χ0) is 10.7. The largest absolute Gasteiger partial charge is 0.462 e. The summed E-state index contributed by atoms with van der Waals surface area (Å²) in [6.45, 7) is 3.66. The molecule has 1 aliphatic heterocycles. The number of rotatable bonds is 3. The fourth-order valence-electron chi connectivity index (χ4n) is 1.36. The second-order valence-corrected chi connectivity index (χ2v) is 3.67. The van der Waals surface area contributed by atoms with Crippen LogP contribution < -0.4 is 0 Å². The monoisotopic (exact) mass is 201 g/mol. The zero-order valence-corrected chi connectivity index (χ0v) is 8.40. The van der Waals surface area contributed by atoms with E-state index in [-0.39, 0.29) is 31.5 Å². The highest BCUT2D eigenvalue weighted by Gasteiger charge is 2.29. The number of likely N-dealkylation sites (tertiary alicyclic amines) is 1. The SMILES string of the molecule is CC(C)OC(=O)CN1CC(O)CC1=O. The first-order valence-electron chi connectivity index (χ1n) is 4.64. The maximum absolute atomic E-state index is 11.2. The third-order valence-electron chi connectivity index (χ3n) is 1.88. The second kappa shape index (κ2) is 4.41. The summed E-state index contributed by atoms with van der Waals surface area (Å²) in [5.41, 5.74) is 0. The van der Waals surface area contributed by atoms with Crippen molar-refractivity contribution in [2.75, 3.05) is 13.1 Å². The number of carbonyl (C=O) groups excluding carboxylic acids is 2. The molecule has 1 aliphatic rings. The molecule has 5 heteroatoms. The van der Waals surface area contributed by atoms with E-state index in [1.165, 1.54) is 4.90 Å². The molecule has 1 amide bonds. The van der Waals surface area contributed by atoms with Crippen LogP contribution in [-0.4, -0.2) is 47.2 Å². The normalized spacial score (nSPS) is 21.9. The van der Waals surface area contributed by atoms with E-state index in [9.17, 15) is 9.59 Å². The number of ether oxygens (including phenoxy) is 1. The lowest BCUT2D eigenvalue weighted by molar-refractivity contribution is -0.151. The molecule has 0 radical (unpaired) electrons. The van der Waals surface area contributed by atoms with Gasteiger partial charge in [-0.3, -0.25) is 9.59 Å². The Morgan fingerprint density at radius 3 is 2.79 bits per heavy atom. The number of hydrogen-bond donors (Lipinski definition) is 1. The highest BCUT2D eigenvalue weighted by Crippen LogP contribution is 2.10. The highest BCUT2D eigenvalue weighted by atomic mass is 16.5. The Balaban J connectivity index is 2.37. The van der Waals surface area contributed by atoms with E-state index in [1.807, 2.05) is 0 Å². The van der Waals surface area contributed by atoms with Gasteiger partial charge in [-0.25, -0.2) is 0 Å². The van der Waals surface area contributed by atoms with E-state index in [1.54, 1.807) is 13.8 Å². The zero-order valence-electron chi connectivity index (χ0n) is 8.40. The molecule has 1 heterocycles. The number of nitrogens with zero attached hydrogens (tertiary/aromatic N) is 1. The Labute approximate surface area is 82.6 Å². The second-order valence-electron chi connectivity index (χ2n) is 3.67. The molecule has 0 aromatic carbocycles. The Bertz CT molecular complexity index is 239. The van der Waals surface area contributed by atoms with Crippen LogP contribution in [0.1, 0.15) is 20.3 Å². The Kier molecular flexibility index (Phi) is 3.46. The third-order valence-corrected chi connectivity index (χ3v) is 1.88. The average molecular weight is 201 g/mol. The molecule has 14 heavy (non-hydrogen) atoms. The lowest BCUT2D eigenvalue weighted by Gasteiger charge is -2.15. The van der Waals surface area contributed by atoms with Gasteiger partial charge >= 0.3 is 5.97 Å². The van der Waals surface area contributed by atoms with Gasteiger partial charge in [-0.05, 0) is 13.8 Å². The number of amides is 1. The van der Waals surface area contributed by atoms with Crippen LogP contribution in [0.15, 0.2) is 0 Å². The van der Waals surface area contributed by atoms with Crippen molar-refractivity contribution in [2.24, 2.45) is 0 Å². The van der Waals surface area contributed by atoms with Gasteiger partial charge in [-0.1, -0.05) is 0 Å². The molecule has 0 aromatic heterocycles. The molecular formula is C9H15NO4. The quantitative estimate of drug-likeness (QED) is 0.627. The number of aliphatic hydroxyl groups excluding tert-OH is 1. The molecule has 0 saturated carbocycles. The van der Waals surface area contributed by atoms with Crippen LogP contribution in [0.25, 0.3) is 0 Å². The van der Waals surface area contributed by atoms with Crippen molar-refractivity contribution < 1.29 is 19.4 Å². The Hall–Kier alpha value is -1.10. The molecule has 1 rings (SSSR count). The van der Waals surface area contributed by atoms with Crippen molar-refractivity contribution >= 4 is 11.9 Å². The lowest BCUT2D eigenvalue weighted by atomic mass is 10.3. The maximum Gasteiger partial charge on any atom is 0.325 e. The van der Waals surface area contributed by atoms with Gasteiger partial charge in [0.15, 0.2) is 0 Å². The van der Waals surface area contributed by atoms with Crippen molar-refractivity contribution in [1.29, 1.82) is 0 Å². The van der Waals surface area contributed by atoms with Gasteiger partial charge < -0.3 is 14.7 Å². The summed E-state index contributed by atoms with van der Waals surface area (Å²) in [5, 5.41) is 9.15. The molecule has 1 saturated heterocycles. The van der Waals surface area contributed by atoms with Crippen LogP contribution in [0.2, 0.25) is 0 Å². The maximum atomic E-state index is 11.2. The van der Waals surface area contributed by atoms with Crippen molar-refractivity contribution in [3.63, 3.8) is 0 Å². The van der Waals surface area contributed by atoms with E-state index in [0.717, 1.165) is 0 Å². The molecule has 5 nitrogen and oxygen atoms in total. The predicted octanol–water partition coefficient (Wildman–Crippen LogP) is -0.469. The number of hydrogen-bond acceptors (Lipinski definition) is 4. The lowest BCUT2D eigenvalue weighted by Crippen LogP contribution is -2.33. The summed E-state index contributed by atoms with van der Waals surface area (Å²) in [6.07, 6.45) is -0.714. The molecule has 0 aliphatic carbocycles. The average Bonchev–Trinajstić information content (AvgIpc) is 2.28. The van der Waals surface area contributed by atoms with Gasteiger partial charge in [-0.15, -0.1) is 0 Å². The van der Waals surface area contributed by atoms with Crippen LogP contribution in [0.3, 0.4) is 0 Å². The molecule has 0 aromatic rings. The van der Waals surface area contributed by atoms with Gasteiger partial charge in [0.05, 0.1) is 18.6 Å². The minimum absolute atomic E-state index is 0.0614. The first kappa shape index (κ1) is 11.0. The van der Waals surface area contributed by atoms with Crippen LogP contribution in [0.5, 0.6) is 0 Å². The number of esters is 1. The van der Waals surface area contributed by atoms with E-state index < -0.39 is 12.1 Å². The topological polar surface area (TPSA) is 66.8 Å². The van der Waals surface area contributed by atoms with Gasteiger partial charge in [-0.2, -0.15) is 0 Å². The van der Waals surface area contributed by atoms with E-state index in [2.05, 4.69) is 0 Å². The molecule has 1 unspecified atom stereocenters. The van der Waals surface area contributed by atoms with E-state index in [0.29, 0.717) is 0 Å². The number of β-amino-alcohol motifs (C(OH)–C–C–N with tert-alkyl or cyclic N) is 1. The molecule has 80 valence electrons. The molecule has 1 N–H and O–H groups in total. The van der Waals surface area contributed by atoms with Gasteiger partial charge in [0, 0.05) is 6.54 Å². The molecule has 1 fully saturated rings. The van der Waals surface area contributed by atoms with Gasteiger partial charge in [0.25, 0.3) is 0 Å². The van der Waals surface area contributed by atoms with E-state index >= 15 is 0 Å². The van der Waals surface area contributed by atoms with Crippen LogP contribution >= 0.6 is 0 Å². The summed E-state index contributed by atoms with van der Waals surface area (Å²) in [6, 6.07) is 0. The molecule has 1 atom stereocenters. The number of carbonyl (C=O) groups is 2. The van der Waals surface area contributed by atoms with Crippen LogP contribution in [0, 0.1) is 0 Å². The standard InChI is InChI=1S/C9H15NO4/c1-6(2)14-9(13)5-10-4-7(11)3-8(10)12/h6-7,11H,3-5H2,1-2H3. The fourth-order valence-corrected chi connectivity index (χ4v) is 1.36. The van der Waals surface area contributed by atoms with Crippen molar-refractivity contribution in [3.05, 3.63) is 0 Å². The van der Waals surface area contributed by atoms with E-state index in [4.69, 9.17) is 9.84 Å². The van der Waals surface area contributed by atoms with Crippen LogP contribution in [-0.2, 0) is 14.3 Å². The summed E-state index contributed by atoms with van der Waals surface area (Å²) < 4.78 is 4.88. The highest BCUT2D eigenvalue weighted by molar-refractivity contribution is 5.84. The van der Waals surface area contributed by atoms with Crippen LogP contribution in [0.4, 0.5) is 0 Å². The minimum atomic E-state index is -0.644. The van der Waals surface area contributed by atoms with Crippen molar-refractivity contribution in [3.8, 4) is 0 Å². The smallest absolute Gasteiger partial charge is 0.325 e. The minimum Gasteiger partial charge on any atom is -0.462 e. The first-order chi connectivity index (χ1) is 6.49. The molecule has 0 bridgehead atoms. The fraction of sp³-hybridized carbons (Fsp3) is 0.778. The summed E-state index contributed by atoms with van der Waals surface area (Å²) in [5.74, 6) is -0.624. The third kappa shape index (κ3) is 2.99. The van der Waals surface area contributed by atoms with Crippen molar-refractivity contribution in [2.45, 2.75) is 32.5 Å². The summed E-state index contributed by atoms with van der Waals surface area (Å²) >= 11 is 0. The number of aliphatic hydroxyl groups is 1.